The maximum absolute atomic E-state index is 11.8. The molecule has 7 heteroatoms. The Hall–Kier alpha value is -2.29. The Bertz CT molecular complexity index is 617. The molecule has 0 heterocycles. The first-order chi connectivity index (χ1) is 10.1. The van der Waals surface area contributed by atoms with Gasteiger partial charge in [-0.2, -0.15) is 0 Å². The van der Waals surface area contributed by atoms with Gasteiger partial charge in [0.15, 0.2) is 0 Å². The van der Waals surface area contributed by atoms with Crippen molar-refractivity contribution in [3.8, 4) is 0 Å². The maximum atomic E-state index is 11.8. The fourth-order valence-electron chi connectivity index (χ4n) is 1.57. The molecule has 0 aromatic heterocycles. The highest BCUT2D eigenvalue weighted by molar-refractivity contribution is 14.1. The van der Waals surface area contributed by atoms with Gasteiger partial charge < -0.3 is 10.6 Å². The molecule has 0 aliphatic rings. The number of hydrogen-bond acceptors (Lipinski definition) is 3. The third kappa shape index (κ3) is 5.30. The van der Waals surface area contributed by atoms with Crippen LogP contribution in [0, 0.1) is 0 Å². The van der Waals surface area contributed by atoms with Gasteiger partial charge in [0, 0.05) is 34.0 Å². The molecular formula is C14H13IN4O2. The lowest BCUT2D eigenvalue weighted by atomic mass is 10.3. The molecule has 0 radical (unpaired) electrons. The molecule has 0 unspecified atom stereocenters. The molecule has 0 saturated heterocycles. The molecule has 21 heavy (non-hydrogen) atoms. The lowest BCUT2D eigenvalue weighted by Crippen LogP contribution is -2.23. The van der Waals surface area contributed by atoms with Crippen LogP contribution in [0.15, 0.2) is 54.6 Å². The van der Waals surface area contributed by atoms with Crippen LogP contribution in [0.3, 0.4) is 0 Å². The van der Waals surface area contributed by atoms with Crippen molar-refractivity contribution in [2.45, 2.75) is 0 Å². The van der Waals surface area contributed by atoms with E-state index >= 15 is 0 Å². The second-order valence-electron chi connectivity index (χ2n) is 4.05. The summed E-state index contributed by atoms with van der Waals surface area (Å²) < 4.78 is -0.211. The van der Waals surface area contributed by atoms with Crippen LogP contribution in [0.1, 0.15) is 0 Å². The Kier molecular flexibility index (Phi) is 5.38. The summed E-state index contributed by atoms with van der Waals surface area (Å²) in [6.45, 7) is 0. The maximum Gasteiger partial charge on any atom is 0.323 e. The Morgan fingerprint density at radius 1 is 0.762 bits per heavy atom. The van der Waals surface area contributed by atoms with E-state index in [1.54, 1.807) is 59.0 Å². The number of carbonyl (C=O) groups excluding carboxylic acids is 2. The van der Waals surface area contributed by atoms with Crippen LogP contribution in [0.2, 0.25) is 0 Å². The van der Waals surface area contributed by atoms with Gasteiger partial charge in [-0.3, -0.25) is 15.6 Å². The first-order valence-electron chi connectivity index (χ1n) is 6.08. The van der Waals surface area contributed by atoms with Gasteiger partial charge in [-0.25, -0.2) is 4.79 Å². The smallest absolute Gasteiger partial charge is 0.308 e. The summed E-state index contributed by atoms with van der Waals surface area (Å²) in [7, 11) is 0. The van der Waals surface area contributed by atoms with Gasteiger partial charge in [-0.15, -0.1) is 0 Å². The van der Waals surface area contributed by atoms with Crippen molar-refractivity contribution in [2.75, 3.05) is 16.1 Å². The largest absolute Gasteiger partial charge is 0.323 e. The van der Waals surface area contributed by atoms with E-state index in [-0.39, 0.29) is 9.95 Å². The number of urea groups is 1. The first-order valence-corrected chi connectivity index (χ1v) is 7.16. The van der Waals surface area contributed by atoms with E-state index in [9.17, 15) is 9.59 Å². The molecule has 2 rings (SSSR count). The number of anilines is 3. The Labute approximate surface area is 135 Å². The zero-order valence-electron chi connectivity index (χ0n) is 10.9. The van der Waals surface area contributed by atoms with Crippen molar-refractivity contribution in [1.29, 1.82) is 0 Å². The molecule has 4 N–H and O–H groups in total. The summed E-state index contributed by atoms with van der Waals surface area (Å²) in [5.41, 5.74) is 7.27. The molecule has 0 bridgehead atoms. The molecule has 108 valence electrons. The van der Waals surface area contributed by atoms with Crippen molar-refractivity contribution >= 4 is 49.6 Å². The predicted octanol–water partition coefficient (Wildman–Crippen LogP) is 3.80. The van der Waals surface area contributed by atoms with Crippen molar-refractivity contribution in [1.82, 2.24) is 5.43 Å². The molecule has 0 aliphatic heterocycles. The number of benzene rings is 2. The highest BCUT2D eigenvalue weighted by atomic mass is 127. The van der Waals surface area contributed by atoms with E-state index in [1.165, 1.54) is 0 Å². The molecule has 0 fully saturated rings. The number of amides is 3. The van der Waals surface area contributed by atoms with Gasteiger partial charge in [-0.1, -0.05) is 18.2 Å². The average Bonchev–Trinajstić information content (AvgIpc) is 2.47. The van der Waals surface area contributed by atoms with E-state index in [0.29, 0.717) is 11.4 Å². The fraction of sp³-hybridized carbons (Fsp3) is 0. The lowest BCUT2D eigenvalue weighted by molar-refractivity contribution is 0.262. The van der Waals surface area contributed by atoms with Crippen LogP contribution < -0.4 is 21.5 Å². The molecule has 0 aliphatic carbocycles. The number of hydrazine groups is 1. The second-order valence-corrected chi connectivity index (χ2v) is 5.03. The number of halogens is 1. The molecule has 0 saturated carbocycles. The quantitative estimate of drug-likeness (QED) is 0.275. The number of hydrogen-bond donors (Lipinski definition) is 4. The van der Waals surface area contributed by atoms with Crippen molar-refractivity contribution < 1.29 is 9.59 Å². The predicted molar refractivity (Wildman–Crippen MR) is 91.7 cm³/mol. The molecule has 2 aromatic carbocycles. The zero-order chi connectivity index (χ0) is 15.1. The Balaban J connectivity index is 1.88. The van der Waals surface area contributed by atoms with Gasteiger partial charge in [-0.05, 0) is 36.4 Å². The molecule has 0 atom stereocenters. The third-order valence-electron chi connectivity index (χ3n) is 2.48. The third-order valence-corrected chi connectivity index (χ3v) is 2.75. The van der Waals surface area contributed by atoms with Crippen LogP contribution >= 0.6 is 22.6 Å². The van der Waals surface area contributed by atoms with Gasteiger partial charge in [0.2, 0.25) is 0 Å². The zero-order valence-corrected chi connectivity index (χ0v) is 13.0. The SMILES string of the molecule is O=C(I)NNc1ccc(NC(=O)Nc2ccccc2)cc1. The second kappa shape index (κ2) is 7.48. The first kappa shape index (κ1) is 15.1. The lowest BCUT2D eigenvalue weighted by Gasteiger charge is -2.09. The summed E-state index contributed by atoms with van der Waals surface area (Å²) in [6.07, 6.45) is 0. The van der Waals surface area contributed by atoms with Crippen LogP contribution in [-0.4, -0.2) is 9.95 Å². The monoisotopic (exact) mass is 396 g/mol. The van der Waals surface area contributed by atoms with Crippen LogP contribution in [-0.2, 0) is 0 Å². The van der Waals surface area contributed by atoms with Crippen LogP contribution in [0.5, 0.6) is 0 Å². The number of para-hydroxylation sites is 1. The number of carbonyl (C=O) groups is 2. The minimum absolute atomic E-state index is 0.211. The van der Waals surface area contributed by atoms with E-state index < -0.39 is 0 Å². The molecular weight excluding hydrogens is 383 g/mol. The fourth-order valence-corrected chi connectivity index (χ4v) is 1.71. The van der Waals surface area contributed by atoms with Crippen LogP contribution in [0.25, 0.3) is 0 Å². The highest BCUT2D eigenvalue weighted by Gasteiger charge is 2.02. The highest BCUT2D eigenvalue weighted by Crippen LogP contribution is 2.13. The van der Waals surface area contributed by atoms with Crippen molar-refractivity contribution in [2.24, 2.45) is 0 Å². The van der Waals surface area contributed by atoms with E-state index in [2.05, 4.69) is 21.5 Å². The topological polar surface area (TPSA) is 82.3 Å². The van der Waals surface area contributed by atoms with Crippen LogP contribution in [0.4, 0.5) is 26.7 Å². The normalized spacial score (nSPS) is 9.57. The number of nitrogens with one attached hydrogen (secondary N) is 4. The molecule has 0 spiro atoms. The van der Waals surface area contributed by atoms with Crippen molar-refractivity contribution in [3.63, 3.8) is 0 Å². The van der Waals surface area contributed by atoms with E-state index in [4.69, 9.17) is 0 Å². The summed E-state index contributed by atoms with van der Waals surface area (Å²) in [5.74, 6) is 0. The summed E-state index contributed by atoms with van der Waals surface area (Å²) >= 11 is 1.62. The van der Waals surface area contributed by atoms with Gasteiger partial charge in [0.05, 0.1) is 5.69 Å². The van der Waals surface area contributed by atoms with Gasteiger partial charge >= 0.3 is 6.03 Å². The molecule has 6 nitrogen and oxygen atoms in total. The van der Waals surface area contributed by atoms with E-state index in [1.807, 2.05) is 18.2 Å². The summed E-state index contributed by atoms with van der Waals surface area (Å²) in [6, 6.07) is 15.8. The average molecular weight is 396 g/mol. The Morgan fingerprint density at radius 3 is 1.86 bits per heavy atom. The molecule has 3 amide bonds. The minimum atomic E-state index is -0.317. The minimum Gasteiger partial charge on any atom is -0.308 e. The standard InChI is InChI=1S/C14H13IN4O2/c15-13(20)19-18-12-8-6-11(7-9-12)17-14(21)16-10-4-2-1-3-5-10/h1-9,18H,(H,19,20)(H2,16,17,21). The summed E-state index contributed by atoms with van der Waals surface area (Å²) in [5, 5.41) is 5.44. The summed E-state index contributed by atoms with van der Waals surface area (Å²) in [4.78, 5) is 22.5. The van der Waals surface area contributed by atoms with Gasteiger partial charge in [0.1, 0.15) is 0 Å². The van der Waals surface area contributed by atoms with Gasteiger partial charge in [0.25, 0.3) is 3.91 Å². The Morgan fingerprint density at radius 2 is 1.29 bits per heavy atom. The number of rotatable bonds is 4. The van der Waals surface area contributed by atoms with E-state index in [0.717, 1.165) is 5.69 Å². The van der Waals surface area contributed by atoms with Crippen molar-refractivity contribution in [3.05, 3.63) is 54.6 Å². The molecule has 2 aromatic rings.